The molecule has 0 fully saturated rings. The number of benzene rings is 1. The third kappa shape index (κ3) is 3.45. The quantitative estimate of drug-likeness (QED) is 0.905. The molecule has 0 saturated carbocycles. The van der Waals surface area contributed by atoms with Crippen molar-refractivity contribution in [1.82, 2.24) is 15.0 Å². The fourth-order valence-corrected chi connectivity index (χ4v) is 1.62. The lowest BCUT2D eigenvalue weighted by atomic mass is 10.2. The van der Waals surface area contributed by atoms with Gasteiger partial charge in [0.25, 0.3) is 0 Å². The maximum absolute atomic E-state index is 6.07. The smallest absolute Gasteiger partial charge is 0.324 e. The highest BCUT2D eigenvalue weighted by molar-refractivity contribution is 6.31. The molecule has 0 aliphatic carbocycles. The van der Waals surface area contributed by atoms with Gasteiger partial charge in [0.1, 0.15) is 0 Å². The average Bonchev–Trinajstić information content (AvgIpc) is 2.46. The molecule has 1 aromatic carbocycles. The molecule has 1 aromatic heterocycles. The van der Waals surface area contributed by atoms with Gasteiger partial charge in [-0.1, -0.05) is 29.8 Å². The zero-order valence-corrected chi connectivity index (χ0v) is 11.3. The monoisotopic (exact) mass is 280 g/mol. The largest absolute Gasteiger partial charge is 0.467 e. The second-order valence-corrected chi connectivity index (χ2v) is 3.98. The van der Waals surface area contributed by atoms with Gasteiger partial charge in [0, 0.05) is 11.6 Å². The molecule has 0 amide bonds. The van der Waals surface area contributed by atoms with E-state index in [2.05, 4.69) is 20.3 Å². The molecule has 0 aliphatic rings. The molecule has 2 rings (SSSR count). The first kappa shape index (κ1) is 13.4. The third-order valence-electron chi connectivity index (χ3n) is 2.35. The Balaban J connectivity index is 2.13. The Labute approximate surface area is 115 Å². The van der Waals surface area contributed by atoms with E-state index in [1.807, 2.05) is 24.3 Å². The molecule has 2 aromatic rings. The lowest BCUT2D eigenvalue weighted by Crippen LogP contribution is -2.07. The highest BCUT2D eigenvalue weighted by atomic mass is 35.5. The van der Waals surface area contributed by atoms with Crippen molar-refractivity contribution < 1.29 is 9.47 Å². The Morgan fingerprint density at radius 3 is 2.26 bits per heavy atom. The van der Waals surface area contributed by atoms with Crippen LogP contribution in [0.25, 0.3) is 0 Å². The first-order valence-corrected chi connectivity index (χ1v) is 5.92. The fourth-order valence-electron chi connectivity index (χ4n) is 1.42. The van der Waals surface area contributed by atoms with Crippen LogP contribution in [0, 0.1) is 0 Å². The number of methoxy groups -OCH3 is 2. The van der Waals surface area contributed by atoms with Crippen LogP contribution in [0.4, 0.5) is 5.95 Å². The Bertz CT molecular complexity index is 543. The van der Waals surface area contributed by atoms with Crippen LogP contribution in [0.3, 0.4) is 0 Å². The van der Waals surface area contributed by atoms with Crippen molar-refractivity contribution in [3.63, 3.8) is 0 Å². The molecule has 0 radical (unpaired) electrons. The van der Waals surface area contributed by atoms with Gasteiger partial charge in [-0.25, -0.2) is 0 Å². The zero-order chi connectivity index (χ0) is 13.7. The fraction of sp³-hybridized carbons (Fsp3) is 0.250. The third-order valence-corrected chi connectivity index (χ3v) is 2.72. The second kappa shape index (κ2) is 6.19. The number of rotatable bonds is 5. The average molecular weight is 281 g/mol. The first-order chi connectivity index (χ1) is 9.22. The molecule has 19 heavy (non-hydrogen) atoms. The molecule has 1 N–H and O–H groups in total. The number of halogens is 1. The highest BCUT2D eigenvalue weighted by Crippen LogP contribution is 2.17. The number of nitrogens with one attached hydrogen (secondary N) is 1. The molecule has 0 saturated heterocycles. The van der Waals surface area contributed by atoms with E-state index in [1.165, 1.54) is 14.2 Å². The molecular formula is C12H13ClN4O2. The first-order valence-electron chi connectivity index (χ1n) is 5.54. The topological polar surface area (TPSA) is 69.2 Å². The molecule has 0 atom stereocenters. The molecule has 0 aliphatic heterocycles. The van der Waals surface area contributed by atoms with Crippen LogP contribution in [0.5, 0.6) is 12.0 Å². The van der Waals surface area contributed by atoms with Crippen LogP contribution < -0.4 is 14.8 Å². The van der Waals surface area contributed by atoms with Gasteiger partial charge < -0.3 is 14.8 Å². The second-order valence-electron chi connectivity index (χ2n) is 3.58. The van der Waals surface area contributed by atoms with E-state index in [0.29, 0.717) is 17.5 Å². The number of hydrogen-bond donors (Lipinski definition) is 1. The molecule has 7 heteroatoms. The van der Waals surface area contributed by atoms with E-state index in [4.69, 9.17) is 21.1 Å². The molecule has 100 valence electrons. The number of ether oxygens (including phenoxy) is 2. The van der Waals surface area contributed by atoms with E-state index in [0.717, 1.165) is 5.56 Å². The summed E-state index contributed by atoms with van der Waals surface area (Å²) in [5.74, 6) is 0.364. The van der Waals surface area contributed by atoms with Gasteiger partial charge in [-0.2, -0.15) is 9.97 Å². The molecule has 6 nitrogen and oxygen atoms in total. The Kier molecular flexibility index (Phi) is 4.35. The summed E-state index contributed by atoms with van der Waals surface area (Å²) in [5.41, 5.74) is 0.947. The number of anilines is 1. The molecule has 0 bridgehead atoms. The van der Waals surface area contributed by atoms with Crippen molar-refractivity contribution >= 4 is 17.5 Å². The van der Waals surface area contributed by atoms with Crippen molar-refractivity contribution in [2.75, 3.05) is 19.5 Å². The minimum atomic E-state index is 0.188. The summed E-state index contributed by atoms with van der Waals surface area (Å²) in [6.07, 6.45) is 0. The van der Waals surface area contributed by atoms with Gasteiger partial charge in [0.05, 0.1) is 14.2 Å². The van der Waals surface area contributed by atoms with Crippen LogP contribution in [-0.4, -0.2) is 29.2 Å². The van der Waals surface area contributed by atoms with Gasteiger partial charge in [0.2, 0.25) is 5.95 Å². The Morgan fingerprint density at radius 1 is 1.05 bits per heavy atom. The van der Waals surface area contributed by atoms with Crippen molar-refractivity contribution in [3.8, 4) is 12.0 Å². The lowest BCUT2D eigenvalue weighted by Gasteiger charge is -2.08. The van der Waals surface area contributed by atoms with Crippen molar-refractivity contribution in [2.45, 2.75) is 6.54 Å². The minimum Gasteiger partial charge on any atom is -0.467 e. The van der Waals surface area contributed by atoms with Crippen molar-refractivity contribution in [2.24, 2.45) is 0 Å². The van der Waals surface area contributed by atoms with Crippen LogP contribution in [0.2, 0.25) is 5.02 Å². The Hall–Kier alpha value is -2.08. The SMILES string of the molecule is COc1nc(NCc2ccccc2Cl)nc(OC)n1. The van der Waals surface area contributed by atoms with Crippen LogP contribution >= 0.6 is 11.6 Å². The molecule has 1 heterocycles. The molecule has 0 unspecified atom stereocenters. The summed E-state index contributed by atoms with van der Waals surface area (Å²) in [5, 5.41) is 3.73. The summed E-state index contributed by atoms with van der Waals surface area (Å²) in [6.45, 7) is 0.496. The molecule has 0 spiro atoms. The number of aromatic nitrogens is 3. The van der Waals surface area contributed by atoms with E-state index < -0.39 is 0 Å². The van der Waals surface area contributed by atoms with Gasteiger partial charge in [-0.3, -0.25) is 0 Å². The number of nitrogens with zero attached hydrogens (tertiary/aromatic N) is 3. The van der Waals surface area contributed by atoms with Crippen LogP contribution in [0.15, 0.2) is 24.3 Å². The summed E-state index contributed by atoms with van der Waals surface area (Å²) in [4.78, 5) is 12.0. The molecular weight excluding hydrogens is 268 g/mol. The normalized spacial score (nSPS) is 10.1. The van der Waals surface area contributed by atoms with E-state index >= 15 is 0 Å². The predicted octanol–water partition coefficient (Wildman–Crippen LogP) is 2.15. The van der Waals surface area contributed by atoms with E-state index in [-0.39, 0.29) is 12.0 Å². The standard InChI is InChI=1S/C12H13ClN4O2/c1-18-11-15-10(16-12(17-11)19-2)14-7-8-5-3-4-6-9(8)13/h3-6H,7H2,1-2H3,(H,14,15,16,17). The van der Waals surface area contributed by atoms with Crippen LogP contribution in [-0.2, 0) is 6.54 Å². The van der Waals surface area contributed by atoms with Gasteiger partial charge in [-0.15, -0.1) is 4.98 Å². The van der Waals surface area contributed by atoms with E-state index in [9.17, 15) is 0 Å². The summed E-state index contributed by atoms with van der Waals surface area (Å²) in [6, 6.07) is 7.91. The highest BCUT2D eigenvalue weighted by Gasteiger charge is 2.07. The zero-order valence-electron chi connectivity index (χ0n) is 10.6. The van der Waals surface area contributed by atoms with Gasteiger partial charge in [0.15, 0.2) is 0 Å². The van der Waals surface area contributed by atoms with Crippen molar-refractivity contribution in [1.29, 1.82) is 0 Å². The predicted molar refractivity (Wildman–Crippen MR) is 71.7 cm³/mol. The summed E-state index contributed by atoms with van der Waals surface area (Å²) < 4.78 is 9.93. The lowest BCUT2D eigenvalue weighted by molar-refractivity contribution is 0.341. The van der Waals surface area contributed by atoms with E-state index in [1.54, 1.807) is 0 Å². The minimum absolute atomic E-state index is 0.188. The summed E-state index contributed by atoms with van der Waals surface area (Å²) in [7, 11) is 2.96. The maximum Gasteiger partial charge on any atom is 0.324 e. The maximum atomic E-state index is 6.07. The number of hydrogen-bond acceptors (Lipinski definition) is 6. The van der Waals surface area contributed by atoms with Crippen molar-refractivity contribution in [3.05, 3.63) is 34.9 Å². The Morgan fingerprint density at radius 2 is 1.68 bits per heavy atom. The van der Waals surface area contributed by atoms with Gasteiger partial charge >= 0.3 is 12.0 Å². The van der Waals surface area contributed by atoms with Crippen LogP contribution in [0.1, 0.15) is 5.56 Å². The summed E-state index contributed by atoms with van der Waals surface area (Å²) >= 11 is 6.07. The van der Waals surface area contributed by atoms with Gasteiger partial charge in [-0.05, 0) is 11.6 Å².